The number of rotatable bonds is 4. The molecule has 0 saturated heterocycles. The zero-order chi connectivity index (χ0) is 13.5. The molecular weight excluding hydrogens is 224 g/mol. The molecule has 0 aromatic heterocycles. The molecule has 0 saturated carbocycles. The van der Waals surface area contributed by atoms with Gasteiger partial charge in [-0.3, -0.25) is 4.79 Å². The Kier molecular flexibility index (Phi) is 6.23. The van der Waals surface area contributed by atoms with E-state index in [0.29, 0.717) is 12.3 Å². The minimum Gasteiger partial charge on any atom is -0.466 e. The van der Waals surface area contributed by atoms with Crippen LogP contribution in [0.15, 0.2) is 5.10 Å². The highest BCUT2D eigenvalue weighted by atomic mass is 16.6. The minimum atomic E-state index is -0.652. The second-order valence-corrected chi connectivity index (χ2v) is 4.44. The van der Waals surface area contributed by atoms with Gasteiger partial charge in [0.15, 0.2) is 0 Å². The first-order valence-corrected chi connectivity index (χ1v) is 5.42. The lowest BCUT2D eigenvalue weighted by Crippen LogP contribution is -2.30. The van der Waals surface area contributed by atoms with E-state index in [9.17, 15) is 9.59 Å². The monoisotopic (exact) mass is 244 g/mol. The number of hydrogen-bond donors (Lipinski definition) is 1. The van der Waals surface area contributed by atoms with Gasteiger partial charge in [-0.2, -0.15) is 5.10 Å². The standard InChI is InChI=1S/C11H20N2O4/c1-6-16-9(14)7-8(2)12-13-10(15)17-11(3,4)5/h6-7H2,1-5H3,(H,13,15)/b12-8+. The quantitative estimate of drug-likeness (QED) is 0.465. The van der Waals surface area contributed by atoms with Crippen LogP contribution in [0.3, 0.4) is 0 Å². The summed E-state index contributed by atoms with van der Waals surface area (Å²) < 4.78 is 9.70. The van der Waals surface area contributed by atoms with Gasteiger partial charge in [-0.1, -0.05) is 0 Å². The van der Waals surface area contributed by atoms with Crippen molar-refractivity contribution in [3.05, 3.63) is 0 Å². The van der Waals surface area contributed by atoms with Crippen molar-refractivity contribution < 1.29 is 19.1 Å². The van der Waals surface area contributed by atoms with Crippen LogP contribution in [0.1, 0.15) is 41.0 Å². The molecule has 17 heavy (non-hydrogen) atoms. The number of carbonyl (C=O) groups excluding carboxylic acids is 2. The second-order valence-electron chi connectivity index (χ2n) is 4.44. The Morgan fingerprint density at radius 3 is 2.35 bits per heavy atom. The van der Waals surface area contributed by atoms with Gasteiger partial charge < -0.3 is 9.47 Å². The van der Waals surface area contributed by atoms with E-state index < -0.39 is 11.7 Å². The first-order valence-electron chi connectivity index (χ1n) is 5.42. The lowest BCUT2D eigenvalue weighted by molar-refractivity contribution is -0.141. The van der Waals surface area contributed by atoms with Crippen LogP contribution in [-0.2, 0) is 14.3 Å². The van der Waals surface area contributed by atoms with Crippen LogP contribution in [0.2, 0.25) is 0 Å². The fourth-order valence-electron chi connectivity index (χ4n) is 0.902. The van der Waals surface area contributed by atoms with E-state index in [1.54, 1.807) is 34.6 Å². The maximum Gasteiger partial charge on any atom is 0.428 e. The summed E-state index contributed by atoms with van der Waals surface area (Å²) in [5.41, 5.74) is 2.08. The third-order valence-electron chi connectivity index (χ3n) is 1.44. The van der Waals surface area contributed by atoms with Crippen molar-refractivity contribution >= 4 is 17.8 Å². The third-order valence-corrected chi connectivity index (χ3v) is 1.44. The molecule has 0 aliphatic carbocycles. The van der Waals surface area contributed by atoms with E-state index in [4.69, 9.17) is 9.47 Å². The predicted octanol–water partition coefficient (Wildman–Crippen LogP) is 1.84. The molecule has 6 nitrogen and oxygen atoms in total. The van der Waals surface area contributed by atoms with Crippen molar-refractivity contribution in [1.82, 2.24) is 5.43 Å². The first-order chi connectivity index (χ1) is 7.74. The molecule has 0 bridgehead atoms. The van der Waals surface area contributed by atoms with Gasteiger partial charge in [0, 0.05) is 5.71 Å². The van der Waals surface area contributed by atoms with E-state index in [1.807, 2.05) is 0 Å². The molecule has 0 spiro atoms. The Morgan fingerprint density at radius 1 is 1.29 bits per heavy atom. The number of carbonyl (C=O) groups is 2. The summed E-state index contributed by atoms with van der Waals surface area (Å²) in [6, 6.07) is 0. The van der Waals surface area contributed by atoms with Gasteiger partial charge in [-0.15, -0.1) is 0 Å². The number of hydrazone groups is 1. The number of esters is 1. The molecule has 0 aromatic rings. The minimum absolute atomic E-state index is 0.0453. The number of nitrogens with zero attached hydrogens (tertiary/aromatic N) is 1. The summed E-state index contributed by atoms with van der Waals surface area (Å²) in [7, 11) is 0. The second kappa shape index (κ2) is 6.88. The van der Waals surface area contributed by atoms with Crippen molar-refractivity contribution in [2.75, 3.05) is 6.61 Å². The molecule has 98 valence electrons. The zero-order valence-corrected chi connectivity index (χ0v) is 11.0. The molecule has 0 unspecified atom stereocenters. The van der Waals surface area contributed by atoms with E-state index >= 15 is 0 Å². The van der Waals surface area contributed by atoms with Crippen LogP contribution in [0.5, 0.6) is 0 Å². The van der Waals surface area contributed by atoms with E-state index in [2.05, 4.69) is 10.5 Å². The van der Waals surface area contributed by atoms with Gasteiger partial charge in [0.2, 0.25) is 0 Å². The van der Waals surface area contributed by atoms with Crippen LogP contribution < -0.4 is 5.43 Å². The maximum atomic E-state index is 11.2. The van der Waals surface area contributed by atoms with Crippen molar-refractivity contribution in [1.29, 1.82) is 0 Å². The summed E-state index contributed by atoms with van der Waals surface area (Å²) >= 11 is 0. The summed E-state index contributed by atoms with van der Waals surface area (Å²) in [5.74, 6) is -0.375. The molecule has 0 aliphatic heterocycles. The number of ether oxygens (including phenoxy) is 2. The van der Waals surface area contributed by atoms with Crippen LogP contribution in [0.4, 0.5) is 4.79 Å². The molecular formula is C11H20N2O4. The van der Waals surface area contributed by atoms with Crippen molar-refractivity contribution in [2.24, 2.45) is 5.10 Å². The molecule has 0 heterocycles. The summed E-state index contributed by atoms with van der Waals surface area (Å²) in [4.78, 5) is 22.3. The maximum absolute atomic E-state index is 11.2. The fraction of sp³-hybridized carbons (Fsp3) is 0.727. The highest BCUT2D eigenvalue weighted by Crippen LogP contribution is 2.06. The molecule has 1 N–H and O–H groups in total. The molecule has 0 radical (unpaired) electrons. The molecule has 0 aromatic carbocycles. The van der Waals surface area contributed by atoms with Gasteiger partial charge in [0.25, 0.3) is 0 Å². The molecule has 0 rings (SSSR count). The predicted molar refractivity (Wildman–Crippen MR) is 63.7 cm³/mol. The van der Waals surface area contributed by atoms with E-state index in [0.717, 1.165) is 0 Å². The van der Waals surface area contributed by atoms with Gasteiger partial charge in [0.1, 0.15) is 5.60 Å². The Morgan fingerprint density at radius 2 is 1.88 bits per heavy atom. The van der Waals surface area contributed by atoms with Gasteiger partial charge in [0.05, 0.1) is 13.0 Å². The number of amides is 1. The van der Waals surface area contributed by atoms with Gasteiger partial charge >= 0.3 is 12.1 Å². The van der Waals surface area contributed by atoms with Crippen LogP contribution in [-0.4, -0.2) is 30.0 Å². The van der Waals surface area contributed by atoms with Gasteiger partial charge in [-0.05, 0) is 34.6 Å². The first kappa shape index (κ1) is 15.4. The van der Waals surface area contributed by atoms with Crippen molar-refractivity contribution in [3.63, 3.8) is 0 Å². The highest BCUT2D eigenvalue weighted by molar-refractivity contribution is 5.97. The summed E-state index contributed by atoms with van der Waals surface area (Å²) in [6.07, 6.45) is -0.607. The lowest BCUT2D eigenvalue weighted by Gasteiger charge is -2.18. The average molecular weight is 244 g/mol. The average Bonchev–Trinajstić information content (AvgIpc) is 2.12. The van der Waals surface area contributed by atoms with Crippen molar-refractivity contribution in [3.8, 4) is 0 Å². The fourth-order valence-corrected chi connectivity index (χ4v) is 0.902. The third kappa shape index (κ3) is 9.35. The van der Waals surface area contributed by atoms with Crippen molar-refractivity contribution in [2.45, 2.75) is 46.6 Å². The summed E-state index contributed by atoms with van der Waals surface area (Å²) in [5, 5.41) is 3.72. The van der Waals surface area contributed by atoms with E-state index in [1.165, 1.54) is 0 Å². The Bertz CT molecular complexity index is 305. The smallest absolute Gasteiger partial charge is 0.428 e. The topological polar surface area (TPSA) is 77.0 Å². The lowest BCUT2D eigenvalue weighted by atomic mass is 10.2. The summed E-state index contributed by atoms with van der Waals surface area (Å²) in [6.45, 7) is 8.93. The van der Waals surface area contributed by atoms with Gasteiger partial charge in [-0.25, -0.2) is 10.2 Å². The number of nitrogens with one attached hydrogen (secondary N) is 1. The normalized spacial score (nSPS) is 11.9. The zero-order valence-electron chi connectivity index (χ0n) is 11.0. The highest BCUT2D eigenvalue weighted by Gasteiger charge is 2.15. The van der Waals surface area contributed by atoms with E-state index in [-0.39, 0.29) is 12.4 Å². The molecule has 6 heteroatoms. The molecule has 0 atom stereocenters. The molecule has 1 amide bonds. The Balaban J connectivity index is 4.07. The molecule has 0 fully saturated rings. The van der Waals surface area contributed by atoms with Crippen LogP contribution in [0, 0.1) is 0 Å². The number of hydrogen-bond acceptors (Lipinski definition) is 5. The Hall–Kier alpha value is -1.59. The SMILES string of the molecule is CCOC(=O)C/C(C)=N/NC(=O)OC(C)(C)C. The largest absolute Gasteiger partial charge is 0.466 e. The van der Waals surface area contributed by atoms with Crippen LogP contribution in [0.25, 0.3) is 0 Å². The Labute approximate surface area is 101 Å². The molecule has 0 aliphatic rings. The van der Waals surface area contributed by atoms with Crippen LogP contribution >= 0.6 is 0 Å².